The number of fused-ring (bicyclic) bond motifs is 1. The minimum absolute atomic E-state index is 0.471. The average molecular weight is 319 g/mol. The fraction of sp³-hybridized carbons (Fsp3) is 0.438. The van der Waals surface area contributed by atoms with Crippen LogP contribution in [0.5, 0.6) is 0 Å². The van der Waals surface area contributed by atoms with Crippen molar-refractivity contribution in [3.63, 3.8) is 0 Å². The SMILES string of the molecule is CC1(C)CCC(Nc2cccc3cc(Br)cnc23)C1. The number of rotatable bonds is 2. The highest BCUT2D eigenvalue weighted by Crippen LogP contribution is 2.38. The van der Waals surface area contributed by atoms with Gasteiger partial charge in [-0.3, -0.25) is 4.98 Å². The highest BCUT2D eigenvalue weighted by molar-refractivity contribution is 9.10. The summed E-state index contributed by atoms with van der Waals surface area (Å²) in [5.74, 6) is 0. The highest BCUT2D eigenvalue weighted by atomic mass is 79.9. The molecule has 1 aliphatic carbocycles. The molecule has 0 aliphatic heterocycles. The fourth-order valence-corrected chi connectivity index (χ4v) is 3.38. The summed E-state index contributed by atoms with van der Waals surface area (Å²) in [6, 6.07) is 9.03. The Morgan fingerprint density at radius 2 is 2.21 bits per heavy atom. The molecule has 1 heterocycles. The topological polar surface area (TPSA) is 24.9 Å². The van der Waals surface area contributed by atoms with E-state index in [4.69, 9.17) is 0 Å². The molecule has 0 amide bonds. The Labute approximate surface area is 122 Å². The third kappa shape index (κ3) is 2.76. The van der Waals surface area contributed by atoms with E-state index in [2.05, 4.69) is 64.3 Å². The first kappa shape index (κ1) is 12.9. The minimum Gasteiger partial charge on any atom is -0.381 e. The molecule has 1 fully saturated rings. The van der Waals surface area contributed by atoms with Crippen molar-refractivity contribution in [2.45, 2.75) is 39.2 Å². The first-order valence-corrected chi connectivity index (χ1v) is 7.64. The lowest BCUT2D eigenvalue weighted by Gasteiger charge is -2.19. The number of nitrogens with one attached hydrogen (secondary N) is 1. The van der Waals surface area contributed by atoms with Crippen LogP contribution >= 0.6 is 15.9 Å². The van der Waals surface area contributed by atoms with Gasteiger partial charge < -0.3 is 5.32 Å². The van der Waals surface area contributed by atoms with Crippen LogP contribution in [0.25, 0.3) is 10.9 Å². The predicted octanol–water partition coefficient (Wildman–Crippen LogP) is 4.99. The summed E-state index contributed by atoms with van der Waals surface area (Å²) in [5.41, 5.74) is 2.70. The van der Waals surface area contributed by atoms with Crippen molar-refractivity contribution in [2.75, 3.05) is 5.32 Å². The number of nitrogens with zero attached hydrogens (tertiary/aromatic N) is 1. The number of benzene rings is 1. The monoisotopic (exact) mass is 318 g/mol. The Balaban J connectivity index is 1.89. The summed E-state index contributed by atoms with van der Waals surface area (Å²) in [5, 5.41) is 4.86. The summed E-state index contributed by atoms with van der Waals surface area (Å²) in [6.45, 7) is 4.71. The first-order chi connectivity index (χ1) is 9.03. The first-order valence-electron chi connectivity index (χ1n) is 6.84. The molecule has 0 radical (unpaired) electrons. The quantitative estimate of drug-likeness (QED) is 0.843. The Morgan fingerprint density at radius 1 is 1.37 bits per heavy atom. The maximum Gasteiger partial charge on any atom is 0.0934 e. The van der Waals surface area contributed by atoms with Gasteiger partial charge in [-0.1, -0.05) is 26.0 Å². The van der Waals surface area contributed by atoms with Crippen molar-refractivity contribution < 1.29 is 0 Å². The second-order valence-corrected chi connectivity index (χ2v) is 7.19. The zero-order valence-corrected chi connectivity index (χ0v) is 13.0. The summed E-state index contributed by atoms with van der Waals surface area (Å²) in [6.07, 6.45) is 5.65. The number of hydrogen-bond acceptors (Lipinski definition) is 2. The lowest BCUT2D eigenvalue weighted by molar-refractivity contribution is 0.378. The van der Waals surface area contributed by atoms with Crippen LogP contribution in [-0.4, -0.2) is 11.0 Å². The molecular weight excluding hydrogens is 300 g/mol. The van der Waals surface area contributed by atoms with Crippen LogP contribution < -0.4 is 5.32 Å². The lowest BCUT2D eigenvalue weighted by atomic mass is 9.92. The lowest BCUT2D eigenvalue weighted by Crippen LogP contribution is -2.17. The maximum absolute atomic E-state index is 4.55. The third-order valence-electron chi connectivity index (χ3n) is 4.01. The van der Waals surface area contributed by atoms with Crippen molar-refractivity contribution in [1.29, 1.82) is 0 Å². The molecule has 1 aliphatic rings. The predicted molar refractivity (Wildman–Crippen MR) is 84.5 cm³/mol. The van der Waals surface area contributed by atoms with E-state index in [1.807, 2.05) is 6.20 Å². The van der Waals surface area contributed by atoms with Crippen molar-refractivity contribution in [3.8, 4) is 0 Å². The molecule has 1 saturated carbocycles. The molecule has 3 heteroatoms. The average Bonchev–Trinajstić information content (AvgIpc) is 2.68. The van der Waals surface area contributed by atoms with Crippen LogP contribution in [-0.2, 0) is 0 Å². The normalized spacial score (nSPS) is 21.7. The number of anilines is 1. The van der Waals surface area contributed by atoms with Crippen molar-refractivity contribution >= 4 is 32.5 Å². The van der Waals surface area contributed by atoms with Gasteiger partial charge in [0.15, 0.2) is 0 Å². The number of para-hydroxylation sites is 1. The summed E-state index contributed by atoms with van der Waals surface area (Å²) in [7, 11) is 0. The molecule has 0 bridgehead atoms. The van der Waals surface area contributed by atoms with Crippen LogP contribution in [0.2, 0.25) is 0 Å². The van der Waals surface area contributed by atoms with Gasteiger partial charge in [0.25, 0.3) is 0 Å². The standard InChI is InChI=1S/C16H19BrN2/c1-16(2)7-6-13(9-16)19-14-5-3-4-11-8-12(17)10-18-15(11)14/h3-5,8,10,13,19H,6-7,9H2,1-2H3. The van der Waals surface area contributed by atoms with Gasteiger partial charge in [0, 0.05) is 22.1 Å². The number of aromatic nitrogens is 1. The van der Waals surface area contributed by atoms with Gasteiger partial charge in [0.2, 0.25) is 0 Å². The van der Waals surface area contributed by atoms with Crippen LogP contribution in [0, 0.1) is 5.41 Å². The number of hydrogen-bond donors (Lipinski definition) is 1. The van der Waals surface area contributed by atoms with E-state index in [9.17, 15) is 0 Å². The number of halogens is 1. The van der Waals surface area contributed by atoms with Crippen LogP contribution in [0.15, 0.2) is 34.9 Å². The molecule has 0 spiro atoms. The van der Waals surface area contributed by atoms with Crippen LogP contribution in [0.3, 0.4) is 0 Å². The molecule has 1 aromatic heterocycles. The summed E-state index contributed by atoms with van der Waals surface area (Å²) >= 11 is 3.48. The van der Waals surface area contributed by atoms with Crippen LogP contribution in [0.1, 0.15) is 33.1 Å². The van der Waals surface area contributed by atoms with Crippen molar-refractivity contribution in [3.05, 3.63) is 34.9 Å². The smallest absolute Gasteiger partial charge is 0.0934 e. The fourth-order valence-electron chi connectivity index (χ4n) is 3.03. The Bertz CT molecular complexity index is 607. The Kier molecular flexibility index (Phi) is 3.25. The molecular formula is C16H19BrN2. The molecule has 1 unspecified atom stereocenters. The van der Waals surface area contributed by atoms with Gasteiger partial charge in [-0.05, 0) is 52.7 Å². The molecule has 1 atom stereocenters. The third-order valence-corrected chi connectivity index (χ3v) is 4.44. The molecule has 1 N–H and O–H groups in total. The van der Waals surface area contributed by atoms with Gasteiger partial charge in [-0.25, -0.2) is 0 Å². The zero-order valence-electron chi connectivity index (χ0n) is 11.4. The van der Waals surface area contributed by atoms with E-state index in [0.717, 1.165) is 15.7 Å². The molecule has 1 aromatic carbocycles. The highest BCUT2D eigenvalue weighted by Gasteiger charge is 2.30. The largest absolute Gasteiger partial charge is 0.381 e. The molecule has 100 valence electrons. The van der Waals surface area contributed by atoms with Crippen molar-refractivity contribution in [2.24, 2.45) is 5.41 Å². The van der Waals surface area contributed by atoms with E-state index >= 15 is 0 Å². The second kappa shape index (κ2) is 4.78. The van der Waals surface area contributed by atoms with E-state index in [-0.39, 0.29) is 0 Å². The van der Waals surface area contributed by atoms with Crippen LogP contribution in [0.4, 0.5) is 5.69 Å². The summed E-state index contributed by atoms with van der Waals surface area (Å²) in [4.78, 5) is 4.55. The Hall–Kier alpha value is -1.09. The van der Waals surface area contributed by atoms with Gasteiger partial charge >= 0.3 is 0 Å². The molecule has 2 nitrogen and oxygen atoms in total. The van der Waals surface area contributed by atoms with Gasteiger partial charge in [-0.15, -0.1) is 0 Å². The van der Waals surface area contributed by atoms with E-state index in [1.165, 1.54) is 24.6 Å². The molecule has 0 saturated heterocycles. The minimum atomic E-state index is 0.471. The van der Waals surface area contributed by atoms with Crippen molar-refractivity contribution in [1.82, 2.24) is 4.98 Å². The van der Waals surface area contributed by atoms with Gasteiger partial charge in [0.05, 0.1) is 11.2 Å². The molecule has 3 rings (SSSR count). The van der Waals surface area contributed by atoms with E-state index < -0.39 is 0 Å². The van der Waals surface area contributed by atoms with Gasteiger partial charge in [-0.2, -0.15) is 0 Å². The number of pyridine rings is 1. The van der Waals surface area contributed by atoms with E-state index in [1.54, 1.807) is 0 Å². The summed E-state index contributed by atoms with van der Waals surface area (Å²) < 4.78 is 1.03. The Morgan fingerprint density at radius 3 is 2.95 bits per heavy atom. The van der Waals surface area contributed by atoms with Gasteiger partial charge in [0.1, 0.15) is 0 Å². The molecule has 2 aromatic rings. The second-order valence-electron chi connectivity index (χ2n) is 6.28. The molecule has 19 heavy (non-hydrogen) atoms. The van der Waals surface area contributed by atoms with E-state index in [0.29, 0.717) is 11.5 Å². The zero-order chi connectivity index (χ0) is 13.5. The maximum atomic E-state index is 4.55.